The molecule has 0 spiro atoms. The SMILES string of the molecule is C=CCNC(=O)Nc1cccc(-c2c(C)c3ccc(OC)cc3n2Cc2ccccc2)c1. The molecule has 0 atom stereocenters. The molecule has 0 fully saturated rings. The Bertz CT molecular complexity index is 1260. The Labute approximate surface area is 188 Å². The van der Waals surface area contributed by atoms with Gasteiger partial charge >= 0.3 is 6.03 Å². The van der Waals surface area contributed by atoms with Crippen LogP contribution >= 0.6 is 0 Å². The summed E-state index contributed by atoms with van der Waals surface area (Å²) in [5.41, 5.74) is 6.40. The second-order valence-electron chi connectivity index (χ2n) is 7.63. The van der Waals surface area contributed by atoms with Crippen LogP contribution in [0.2, 0.25) is 0 Å². The van der Waals surface area contributed by atoms with E-state index in [1.54, 1.807) is 13.2 Å². The molecule has 162 valence electrons. The lowest BCUT2D eigenvalue weighted by atomic mass is 10.1. The first kappa shape index (κ1) is 21.2. The second kappa shape index (κ2) is 9.43. The third kappa shape index (κ3) is 4.37. The predicted molar refractivity (Wildman–Crippen MR) is 131 cm³/mol. The summed E-state index contributed by atoms with van der Waals surface area (Å²) in [7, 11) is 1.69. The van der Waals surface area contributed by atoms with E-state index in [2.05, 4.69) is 71.2 Å². The number of urea groups is 1. The van der Waals surface area contributed by atoms with E-state index in [0.717, 1.165) is 34.8 Å². The van der Waals surface area contributed by atoms with E-state index in [-0.39, 0.29) is 6.03 Å². The lowest BCUT2D eigenvalue weighted by Crippen LogP contribution is -2.28. The van der Waals surface area contributed by atoms with E-state index in [4.69, 9.17) is 4.74 Å². The average molecular weight is 426 g/mol. The van der Waals surface area contributed by atoms with Gasteiger partial charge in [0.2, 0.25) is 0 Å². The van der Waals surface area contributed by atoms with Gasteiger partial charge in [-0.2, -0.15) is 0 Å². The summed E-state index contributed by atoms with van der Waals surface area (Å²) < 4.78 is 7.82. The molecule has 2 N–H and O–H groups in total. The third-order valence-corrected chi connectivity index (χ3v) is 5.51. The van der Waals surface area contributed by atoms with Crippen molar-refractivity contribution in [2.45, 2.75) is 13.5 Å². The van der Waals surface area contributed by atoms with E-state index >= 15 is 0 Å². The first-order valence-electron chi connectivity index (χ1n) is 10.6. The summed E-state index contributed by atoms with van der Waals surface area (Å²) >= 11 is 0. The van der Waals surface area contributed by atoms with Crippen molar-refractivity contribution in [2.75, 3.05) is 19.0 Å². The molecule has 4 rings (SSSR count). The Kier molecular flexibility index (Phi) is 6.26. The number of nitrogens with one attached hydrogen (secondary N) is 2. The summed E-state index contributed by atoms with van der Waals surface area (Å²) in [6.07, 6.45) is 1.65. The summed E-state index contributed by atoms with van der Waals surface area (Å²) in [5, 5.41) is 6.82. The highest BCUT2D eigenvalue weighted by Gasteiger charge is 2.17. The fraction of sp³-hybridized carbons (Fsp3) is 0.148. The molecule has 0 bridgehead atoms. The molecular weight excluding hydrogens is 398 g/mol. The number of methoxy groups -OCH3 is 1. The number of benzene rings is 3. The molecule has 4 aromatic rings. The number of aryl methyl sites for hydroxylation is 1. The molecule has 5 nitrogen and oxygen atoms in total. The van der Waals surface area contributed by atoms with Gasteiger partial charge in [-0.25, -0.2) is 4.79 Å². The molecule has 5 heteroatoms. The van der Waals surface area contributed by atoms with Crippen LogP contribution in [0.1, 0.15) is 11.1 Å². The van der Waals surface area contributed by atoms with Crippen LogP contribution in [-0.2, 0) is 6.54 Å². The topological polar surface area (TPSA) is 55.3 Å². The number of ether oxygens (including phenoxy) is 1. The Morgan fingerprint density at radius 1 is 1.06 bits per heavy atom. The lowest BCUT2D eigenvalue weighted by Gasteiger charge is -2.14. The molecule has 32 heavy (non-hydrogen) atoms. The number of nitrogens with zero attached hydrogens (tertiary/aromatic N) is 1. The van der Waals surface area contributed by atoms with Gasteiger partial charge in [0.25, 0.3) is 0 Å². The zero-order valence-corrected chi connectivity index (χ0v) is 18.4. The van der Waals surface area contributed by atoms with Crippen LogP contribution in [0.3, 0.4) is 0 Å². The summed E-state index contributed by atoms with van der Waals surface area (Å²) in [4.78, 5) is 12.1. The van der Waals surface area contributed by atoms with Crippen LogP contribution < -0.4 is 15.4 Å². The zero-order valence-electron chi connectivity index (χ0n) is 18.4. The number of hydrogen-bond acceptors (Lipinski definition) is 2. The van der Waals surface area contributed by atoms with Gasteiger partial charge in [0, 0.05) is 35.8 Å². The fourth-order valence-electron chi connectivity index (χ4n) is 4.02. The summed E-state index contributed by atoms with van der Waals surface area (Å²) in [6, 6.07) is 24.3. The van der Waals surface area contributed by atoms with E-state index in [0.29, 0.717) is 6.54 Å². The molecule has 1 heterocycles. The predicted octanol–water partition coefficient (Wildman–Crippen LogP) is 5.98. The number of anilines is 1. The van der Waals surface area contributed by atoms with Crippen LogP contribution in [0.15, 0.2) is 85.5 Å². The van der Waals surface area contributed by atoms with Crippen molar-refractivity contribution < 1.29 is 9.53 Å². The Hall–Kier alpha value is -3.99. The van der Waals surface area contributed by atoms with Gasteiger partial charge in [-0.1, -0.05) is 48.5 Å². The van der Waals surface area contributed by atoms with Gasteiger partial charge in [0.15, 0.2) is 0 Å². The van der Waals surface area contributed by atoms with Gasteiger partial charge in [-0.3, -0.25) is 0 Å². The molecular formula is C27H27N3O2. The van der Waals surface area contributed by atoms with Crippen molar-refractivity contribution in [3.63, 3.8) is 0 Å². The van der Waals surface area contributed by atoms with Gasteiger partial charge in [-0.05, 0) is 42.3 Å². The minimum absolute atomic E-state index is 0.256. The van der Waals surface area contributed by atoms with Gasteiger partial charge in [0.05, 0.1) is 18.3 Å². The number of carbonyl (C=O) groups excluding carboxylic acids is 1. The normalized spacial score (nSPS) is 10.7. The van der Waals surface area contributed by atoms with Crippen molar-refractivity contribution in [3.8, 4) is 17.0 Å². The highest BCUT2D eigenvalue weighted by Crippen LogP contribution is 2.36. The Morgan fingerprint density at radius 2 is 1.88 bits per heavy atom. The highest BCUT2D eigenvalue weighted by atomic mass is 16.5. The number of aromatic nitrogens is 1. The fourth-order valence-corrected chi connectivity index (χ4v) is 4.02. The number of hydrogen-bond donors (Lipinski definition) is 2. The van der Waals surface area contributed by atoms with Crippen LogP contribution in [0.25, 0.3) is 22.2 Å². The summed E-state index contributed by atoms with van der Waals surface area (Å²) in [6.45, 7) is 6.91. The molecule has 0 radical (unpaired) electrons. The van der Waals surface area contributed by atoms with Crippen LogP contribution in [-0.4, -0.2) is 24.3 Å². The van der Waals surface area contributed by atoms with Crippen LogP contribution in [0.5, 0.6) is 5.75 Å². The number of amides is 2. The molecule has 0 aliphatic carbocycles. The van der Waals surface area contributed by atoms with Crippen LogP contribution in [0.4, 0.5) is 10.5 Å². The molecule has 0 aliphatic rings. The third-order valence-electron chi connectivity index (χ3n) is 5.51. The number of fused-ring (bicyclic) bond motifs is 1. The first-order chi connectivity index (χ1) is 15.6. The molecule has 0 saturated carbocycles. The van der Waals surface area contributed by atoms with Crippen molar-refractivity contribution in [1.82, 2.24) is 9.88 Å². The maximum Gasteiger partial charge on any atom is 0.319 e. The largest absolute Gasteiger partial charge is 0.497 e. The average Bonchev–Trinajstić information content (AvgIpc) is 3.09. The molecule has 3 aromatic carbocycles. The standard InChI is InChI=1S/C27H27N3O2/c1-4-15-28-27(31)29-22-12-8-11-21(16-22)26-19(2)24-14-13-23(32-3)17-25(24)30(26)18-20-9-6-5-7-10-20/h4-14,16-17H,1,15,18H2,2-3H3,(H2,28,29,31). The van der Waals surface area contributed by atoms with E-state index in [9.17, 15) is 4.79 Å². The van der Waals surface area contributed by atoms with Gasteiger partial charge in [0.1, 0.15) is 5.75 Å². The Balaban J connectivity index is 1.82. The molecule has 0 aliphatic heterocycles. The molecule has 0 saturated heterocycles. The minimum atomic E-state index is -0.256. The van der Waals surface area contributed by atoms with E-state index in [1.807, 2.05) is 30.3 Å². The Morgan fingerprint density at radius 3 is 2.62 bits per heavy atom. The van der Waals surface area contributed by atoms with E-state index in [1.165, 1.54) is 16.5 Å². The van der Waals surface area contributed by atoms with Crippen molar-refractivity contribution in [3.05, 3.63) is 96.6 Å². The number of rotatable bonds is 7. The van der Waals surface area contributed by atoms with Crippen molar-refractivity contribution in [1.29, 1.82) is 0 Å². The lowest BCUT2D eigenvalue weighted by molar-refractivity contribution is 0.253. The second-order valence-corrected chi connectivity index (χ2v) is 7.63. The quantitative estimate of drug-likeness (QED) is 0.358. The molecule has 0 unspecified atom stereocenters. The maximum atomic E-state index is 12.1. The van der Waals surface area contributed by atoms with E-state index < -0.39 is 0 Å². The molecule has 1 aromatic heterocycles. The minimum Gasteiger partial charge on any atom is -0.497 e. The van der Waals surface area contributed by atoms with Gasteiger partial charge in [-0.15, -0.1) is 6.58 Å². The van der Waals surface area contributed by atoms with Crippen LogP contribution in [0, 0.1) is 6.92 Å². The highest BCUT2D eigenvalue weighted by molar-refractivity contribution is 5.94. The maximum absolute atomic E-state index is 12.1. The zero-order chi connectivity index (χ0) is 22.5. The summed E-state index contributed by atoms with van der Waals surface area (Å²) in [5.74, 6) is 0.824. The first-order valence-corrected chi connectivity index (χ1v) is 10.6. The smallest absolute Gasteiger partial charge is 0.319 e. The van der Waals surface area contributed by atoms with Crippen molar-refractivity contribution >= 4 is 22.6 Å². The van der Waals surface area contributed by atoms with Gasteiger partial charge < -0.3 is 19.9 Å². The molecule has 2 amide bonds. The van der Waals surface area contributed by atoms with Crippen molar-refractivity contribution in [2.24, 2.45) is 0 Å². The number of carbonyl (C=O) groups is 1. The monoisotopic (exact) mass is 425 g/mol.